The van der Waals surface area contributed by atoms with Crippen LogP contribution in [0.4, 0.5) is 27.8 Å². The van der Waals surface area contributed by atoms with E-state index < -0.39 is 47.5 Å². The highest BCUT2D eigenvalue weighted by Crippen LogP contribution is 2.35. The first kappa shape index (κ1) is 24.7. The standard InChI is InChI=1S/C21H14Cl2F5N5O2/c22-12-2-1-3-13(24)11(12)9-32-7-6-15(30-32)29-21(34)14-5-4-10(35-14)8-33-18(20(27)28)16(23)17(31-33)19(25)26/h1-7,19-20H,8-9H2,(H,29,30,34). The first-order valence-corrected chi connectivity index (χ1v) is 10.6. The van der Waals surface area contributed by atoms with Gasteiger partial charge in [-0.3, -0.25) is 14.2 Å². The van der Waals surface area contributed by atoms with Crippen molar-refractivity contribution in [1.29, 1.82) is 0 Å². The molecular formula is C21H14Cl2F5N5O2. The minimum absolute atomic E-state index is 0.00300. The van der Waals surface area contributed by atoms with Crippen molar-refractivity contribution in [3.8, 4) is 0 Å². The lowest BCUT2D eigenvalue weighted by Crippen LogP contribution is -2.12. The Morgan fingerprint density at radius 3 is 2.49 bits per heavy atom. The second-order valence-electron chi connectivity index (χ2n) is 7.16. The van der Waals surface area contributed by atoms with E-state index in [1.807, 2.05) is 0 Å². The Bertz CT molecular complexity index is 1350. The third-order valence-corrected chi connectivity index (χ3v) is 5.57. The van der Waals surface area contributed by atoms with Crippen LogP contribution in [0.1, 0.15) is 46.1 Å². The van der Waals surface area contributed by atoms with Crippen LogP contribution in [0.3, 0.4) is 0 Å². The fraction of sp³-hybridized carbons (Fsp3) is 0.190. The van der Waals surface area contributed by atoms with Crippen molar-refractivity contribution < 1.29 is 31.2 Å². The van der Waals surface area contributed by atoms with Gasteiger partial charge in [-0.25, -0.2) is 22.0 Å². The summed E-state index contributed by atoms with van der Waals surface area (Å²) in [5.41, 5.74) is -1.63. The number of nitrogens with zero attached hydrogens (tertiary/aromatic N) is 4. The van der Waals surface area contributed by atoms with Crippen LogP contribution in [0.15, 0.2) is 47.0 Å². The first-order valence-electron chi connectivity index (χ1n) is 9.82. The minimum Gasteiger partial charge on any atom is -0.454 e. The summed E-state index contributed by atoms with van der Waals surface area (Å²) in [6.45, 7) is -0.441. The van der Waals surface area contributed by atoms with Crippen LogP contribution >= 0.6 is 23.2 Å². The van der Waals surface area contributed by atoms with Gasteiger partial charge in [-0.05, 0) is 24.3 Å². The maximum Gasteiger partial charge on any atom is 0.292 e. The predicted molar refractivity (Wildman–Crippen MR) is 116 cm³/mol. The van der Waals surface area contributed by atoms with Gasteiger partial charge in [0.1, 0.15) is 23.0 Å². The molecule has 0 unspecified atom stereocenters. The lowest BCUT2D eigenvalue weighted by atomic mass is 10.2. The maximum absolute atomic E-state index is 14.0. The van der Waals surface area contributed by atoms with E-state index in [4.69, 9.17) is 27.6 Å². The first-order chi connectivity index (χ1) is 16.6. The molecule has 0 fully saturated rings. The molecule has 184 valence electrons. The second-order valence-corrected chi connectivity index (χ2v) is 7.95. The number of hydrogen-bond donors (Lipinski definition) is 1. The third-order valence-electron chi connectivity index (χ3n) is 4.82. The monoisotopic (exact) mass is 533 g/mol. The molecule has 7 nitrogen and oxygen atoms in total. The maximum atomic E-state index is 14.0. The number of halogens is 7. The molecule has 35 heavy (non-hydrogen) atoms. The van der Waals surface area contributed by atoms with Gasteiger partial charge in [-0.2, -0.15) is 10.2 Å². The van der Waals surface area contributed by atoms with E-state index in [-0.39, 0.29) is 34.5 Å². The average Bonchev–Trinajstić information content (AvgIpc) is 3.50. The molecule has 0 saturated carbocycles. The zero-order chi connectivity index (χ0) is 25.3. The van der Waals surface area contributed by atoms with Gasteiger partial charge in [0.15, 0.2) is 11.6 Å². The summed E-state index contributed by atoms with van der Waals surface area (Å²) in [4.78, 5) is 12.5. The van der Waals surface area contributed by atoms with E-state index in [0.29, 0.717) is 4.68 Å². The zero-order valence-corrected chi connectivity index (χ0v) is 18.9. The van der Waals surface area contributed by atoms with E-state index >= 15 is 0 Å². The Morgan fingerprint density at radius 2 is 1.80 bits per heavy atom. The van der Waals surface area contributed by atoms with Crippen molar-refractivity contribution in [1.82, 2.24) is 19.6 Å². The molecule has 3 aromatic heterocycles. The minimum atomic E-state index is -3.16. The highest BCUT2D eigenvalue weighted by Gasteiger charge is 2.28. The number of anilines is 1. The molecule has 4 aromatic rings. The number of carbonyl (C=O) groups is 1. The highest BCUT2D eigenvalue weighted by molar-refractivity contribution is 6.32. The van der Waals surface area contributed by atoms with Crippen molar-refractivity contribution in [3.63, 3.8) is 0 Å². The predicted octanol–water partition coefficient (Wildman–Crippen LogP) is 6.34. The van der Waals surface area contributed by atoms with Crippen LogP contribution in [0.25, 0.3) is 0 Å². The summed E-state index contributed by atoms with van der Waals surface area (Å²) in [6.07, 6.45) is -4.80. The molecule has 3 heterocycles. The van der Waals surface area contributed by atoms with Gasteiger partial charge in [0, 0.05) is 22.8 Å². The van der Waals surface area contributed by atoms with Crippen LogP contribution in [0.2, 0.25) is 10.0 Å². The van der Waals surface area contributed by atoms with E-state index in [1.54, 1.807) is 0 Å². The van der Waals surface area contributed by atoms with Crippen LogP contribution < -0.4 is 5.32 Å². The van der Waals surface area contributed by atoms with E-state index in [2.05, 4.69) is 15.5 Å². The molecule has 0 radical (unpaired) electrons. The third kappa shape index (κ3) is 5.33. The second kappa shape index (κ2) is 10.1. The highest BCUT2D eigenvalue weighted by atomic mass is 35.5. The smallest absolute Gasteiger partial charge is 0.292 e. The lowest BCUT2D eigenvalue weighted by Gasteiger charge is -2.06. The van der Waals surface area contributed by atoms with Crippen LogP contribution in [0, 0.1) is 5.82 Å². The summed E-state index contributed by atoms with van der Waals surface area (Å²) in [6, 6.07) is 8.31. The number of aromatic nitrogens is 4. The number of amides is 1. The SMILES string of the molecule is O=C(Nc1ccn(Cc2c(F)cccc2Cl)n1)c1ccc(Cn2nc(C(F)F)c(Cl)c2C(F)F)o1. The molecule has 14 heteroatoms. The number of alkyl halides is 4. The fourth-order valence-electron chi connectivity index (χ4n) is 3.21. The molecule has 0 aliphatic heterocycles. The molecule has 0 atom stereocenters. The quantitative estimate of drug-likeness (QED) is 0.268. The molecule has 1 N–H and O–H groups in total. The largest absolute Gasteiger partial charge is 0.454 e. The Morgan fingerprint density at radius 1 is 1.03 bits per heavy atom. The number of furan rings is 1. The van der Waals surface area contributed by atoms with E-state index in [0.717, 1.165) is 0 Å². The Labute approximate surface area is 204 Å². The summed E-state index contributed by atoms with van der Waals surface area (Å²) in [5, 5.41) is 9.44. The number of hydrogen-bond acceptors (Lipinski definition) is 4. The molecule has 0 aliphatic carbocycles. The van der Waals surface area contributed by atoms with Crippen molar-refractivity contribution in [2.75, 3.05) is 5.32 Å². The van der Waals surface area contributed by atoms with Gasteiger partial charge in [0.25, 0.3) is 18.8 Å². The van der Waals surface area contributed by atoms with E-state index in [1.165, 1.54) is 47.3 Å². The molecule has 0 spiro atoms. The van der Waals surface area contributed by atoms with Crippen LogP contribution in [-0.4, -0.2) is 25.5 Å². The zero-order valence-electron chi connectivity index (χ0n) is 17.4. The van der Waals surface area contributed by atoms with Crippen LogP contribution in [0.5, 0.6) is 0 Å². The number of carbonyl (C=O) groups excluding carboxylic acids is 1. The lowest BCUT2D eigenvalue weighted by molar-refractivity contribution is 0.0993. The van der Waals surface area contributed by atoms with Gasteiger partial charge < -0.3 is 9.73 Å². The van der Waals surface area contributed by atoms with Gasteiger partial charge in [0.05, 0.1) is 18.1 Å². The van der Waals surface area contributed by atoms with Crippen LogP contribution in [-0.2, 0) is 13.1 Å². The topological polar surface area (TPSA) is 77.9 Å². The molecule has 0 bridgehead atoms. The molecule has 4 rings (SSSR count). The number of rotatable bonds is 8. The Hall–Kier alpha value is -3.38. The Kier molecular flexibility index (Phi) is 7.13. The van der Waals surface area contributed by atoms with Crippen molar-refractivity contribution in [2.24, 2.45) is 0 Å². The molecular weight excluding hydrogens is 520 g/mol. The van der Waals surface area contributed by atoms with Gasteiger partial charge >= 0.3 is 0 Å². The number of nitrogens with one attached hydrogen (secondary N) is 1. The Balaban J connectivity index is 1.45. The summed E-state index contributed by atoms with van der Waals surface area (Å²) < 4.78 is 73.9. The summed E-state index contributed by atoms with van der Waals surface area (Å²) >= 11 is 11.6. The molecule has 0 saturated heterocycles. The van der Waals surface area contributed by atoms with Crippen molar-refractivity contribution >= 4 is 34.9 Å². The fourth-order valence-corrected chi connectivity index (χ4v) is 3.74. The van der Waals surface area contributed by atoms with Gasteiger partial charge in [-0.1, -0.05) is 29.3 Å². The van der Waals surface area contributed by atoms with Gasteiger partial charge in [-0.15, -0.1) is 0 Å². The summed E-state index contributed by atoms with van der Waals surface area (Å²) in [5.74, 6) is -1.29. The molecule has 1 aromatic carbocycles. The molecule has 1 amide bonds. The van der Waals surface area contributed by atoms with Gasteiger partial charge in [0.2, 0.25) is 0 Å². The normalized spacial score (nSPS) is 11.6. The summed E-state index contributed by atoms with van der Waals surface area (Å²) in [7, 11) is 0. The van der Waals surface area contributed by atoms with Crippen molar-refractivity contribution in [2.45, 2.75) is 25.9 Å². The van der Waals surface area contributed by atoms with E-state index in [9.17, 15) is 26.7 Å². The average molecular weight is 534 g/mol. The van der Waals surface area contributed by atoms with Crippen molar-refractivity contribution in [3.05, 3.63) is 86.9 Å². The molecule has 0 aliphatic rings. The number of benzene rings is 1.